The fraction of sp³-hybridized carbons (Fsp3) is 1.00. The van der Waals surface area contributed by atoms with E-state index >= 15 is 0 Å². The molecule has 0 aliphatic carbocycles. The molecule has 24 heavy (non-hydrogen) atoms. The molecule has 8 atom stereocenters. The largest absolute Gasteiger partial charge is 0.388 e. The highest BCUT2D eigenvalue weighted by Crippen LogP contribution is 2.30. The standard InChI is InChI=1S/C15H28O7.C2H6/c1-8-14(16)10(17-3)6-13(20-8)22-15-9(2)21-12(19-5)7-11(15)18-4;1-2/h8-16H,6-7H2,1-5H3;1-2H3/t8-,9-,10-,11-,12+,13-,14-,15-;/m0./s1. The van der Waals surface area contributed by atoms with Crippen LogP contribution in [0.2, 0.25) is 0 Å². The number of hydrogen-bond donors (Lipinski definition) is 1. The molecule has 2 aliphatic heterocycles. The highest BCUT2D eigenvalue weighted by molar-refractivity contribution is 4.86. The minimum Gasteiger partial charge on any atom is -0.388 e. The van der Waals surface area contributed by atoms with Crippen molar-refractivity contribution in [2.24, 2.45) is 0 Å². The minimum absolute atomic E-state index is 0.138. The van der Waals surface area contributed by atoms with Crippen molar-refractivity contribution in [1.29, 1.82) is 0 Å². The molecule has 0 aromatic rings. The van der Waals surface area contributed by atoms with Crippen LogP contribution in [-0.2, 0) is 28.4 Å². The molecule has 0 unspecified atom stereocenters. The van der Waals surface area contributed by atoms with E-state index in [1.807, 2.05) is 27.7 Å². The molecule has 7 nitrogen and oxygen atoms in total. The Balaban J connectivity index is 0.00000139. The van der Waals surface area contributed by atoms with Crippen molar-refractivity contribution >= 4 is 0 Å². The third kappa shape index (κ3) is 5.36. The first kappa shape index (κ1) is 21.8. The maximum Gasteiger partial charge on any atom is 0.161 e. The molecular formula is C17H34O7. The van der Waals surface area contributed by atoms with Crippen molar-refractivity contribution in [3.05, 3.63) is 0 Å². The molecule has 0 aromatic heterocycles. The Morgan fingerprint density at radius 2 is 1.33 bits per heavy atom. The minimum atomic E-state index is -0.652. The van der Waals surface area contributed by atoms with Gasteiger partial charge in [0.25, 0.3) is 0 Å². The summed E-state index contributed by atoms with van der Waals surface area (Å²) in [6, 6.07) is 0. The zero-order valence-electron chi connectivity index (χ0n) is 15.9. The van der Waals surface area contributed by atoms with Crippen LogP contribution in [-0.4, -0.2) is 75.6 Å². The second kappa shape index (κ2) is 10.7. The molecule has 0 bridgehead atoms. The van der Waals surface area contributed by atoms with E-state index in [0.717, 1.165) is 0 Å². The summed E-state index contributed by atoms with van der Waals surface area (Å²) in [6.07, 6.45) is -1.58. The maximum atomic E-state index is 10.0. The monoisotopic (exact) mass is 350 g/mol. The van der Waals surface area contributed by atoms with Crippen molar-refractivity contribution in [2.45, 2.75) is 89.7 Å². The molecule has 1 N–H and O–H groups in total. The summed E-state index contributed by atoms with van der Waals surface area (Å²) in [7, 11) is 4.84. The van der Waals surface area contributed by atoms with Crippen molar-refractivity contribution in [1.82, 2.24) is 0 Å². The van der Waals surface area contributed by atoms with Gasteiger partial charge in [0.05, 0.1) is 24.4 Å². The first-order valence-electron chi connectivity index (χ1n) is 8.73. The number of aliphatic hydroxyl groups is 1. The van der Waals surface area contributed by atoms with E-state index < -0.39 is 12.4 Å². The van der Waals surface area contributed by atoms with E-state index in [1.165, 1.54) is 0 Å². The Hall–Kier alpha value is -0.280. The highest BCUT2D eigenvalue weighted by Gasteiger charge is 2.42. The maximum absolute atomic E-state index is 10.0. The van der Waals surface area contributed by atoms with Gasteiger partial charge in [0.1, 0.15) is 12.2 Å². The van der Waals surface area contributed by atoms with Gasteiger partial charge in [-0.2, -0.15) is 0 Å². The van der Waals surface area contributed by atoms with Crippen molar-refractivity contribution in [2.75, 3.05) is 21.3 Å². The number of aliphatic hydroxyl groups excluding tert-OH is 1. The molecule has 0 aromatic carbocycles. The quantitative estimate of drug-likeness (QED) is 0.809. The second-order valence-corrected chi connectivity index (χ2v) is 5.89. The number of hydrogen-bond acceptors (Lipinski definition) is 7. The molecule has 0 radical (unpaired) electrons. The van der Waals surface area contributed by atoms with Crippen molar-refractivity contribution < 1.29 is 33.5 Å². The molecular weight excluding hydrogens is 316 g/mol. The van der Waals surface area contributed by atoms with Gasteiger partial charge in [-0.05, 0) is 13.8 Å². The van der Waals surface area contributed by atoms with Crippen LogP contribution in [0.15, 0.2) is 0 Å². The molecule has 0 spiro atoms. The first-order chi connectivity index (χ1) is 11.5. The van der Waals surface area contributed by atoms with Crippen LogP contribution in [0.4, 0.5) is 0 Å². The lowest BCUT2D eigenvalue weighted by molar-refractivity contribution is -0.312. The van der Waals surface area contributed by atoms with Crippen LogP contribution in [0.3, 0.4) is 0 Å². The molecule has 0 saturated carbocycles. The summed E-state index contributed by atoms with van der Waals surface area (Å²) in [5.74, 6) is 0. The van der Waals surface area contributed by atoms with Crippen LogP contribution in [0.25, 0.3) is 0 Å². The van der Waals surface area contributed by atoms with Gasteiger partial charge in [-0.15, -0.1) is 0 Å². The van der Waals surface area contributed by atoms with Crippen LogP contribution < -0.4 is 0 Å². The van der Waals surface area contributed by atoms with E-state index in [-0.39, 0.29) is 36.8 Å². The molecule has 2 fully saturated rings. The summed E-state index contributed by atoms with van der Waals surface area (Å²) in [4.78, 5) is 0. The number of rotatable bonds is 5. The highest BCUT2D eigenvalue weighted by atomic mass is 16.7. The van der Waals surface area contributed by atoms with Crippen LogP contribution >= 0.6 is 0 Å². The van der Waals surface area contributed by atoms with Gasteiger partial charge < -0.3 is 33.5 Å². The predicted octanol–water partition coefficient (Wildman–Crippen LogP) is 1.70. The Labute approximate surface area is 145 Å². The molecule has 7 heteroatoms. The lowest BCUT2D eigenvalue weighted by atomic mass is 10.00. The molecule has 2 aliphatic rings. The van der Waals surface area contributed by atoms with Gasteiger partial charge >= 0.3 is 0 Å². The van der Waals surface area contributed by atoms with E-state index in [4.69, 9.17) is 28.4 Å². The topological polar surface area (TPSA) is 75.6 Å². The van der Waals surface area contributed by atoms with Crippen molar-refractivity contribution in [3.63, 3.8) is 0 Å². The second-order valence-electron chi connectivity index (χ2n) is 5.89. The van der Waals surface area contributed by atoms with Crippen LogP contribution in [0, 0.1) is 0 Å². The SMILES string of the molecule is CC.CO[C@H]1C[C@H](OC)[C@@H](O[C@H]2C[C@H](OC)[C@@H](O)[C@H](C)O2)[C@H](C)O1. The predicted molar refractivity (Wildman–Crippen MR) is 88.7 cm³/mol. The summed E-state index contributed by atoms with van der Waals surface area (Å²) in [6.45, 7) is 7.73. The smallest absolute Gasteiger partial charge is 0.161 e. The Morgan fingerprint density at radius 3 is 1.88 bits per heavy atom. The van der Waals surface area contributed by atoms with Crippen molar-refractivity contribution in [3.8, 4) is 0 Å². The molecule has 0 amide bonds. The summed E-state index contributed by atoms with van der Waals surface area (Å²) < 4.78 is 33.7. The average Bonchev–Trinajstić information content (AvgIpc) is 2.60. The van der Waals surface area contributed by atoms with Gasteiger partial charge in [0.15, 0.2) is 12.6 Å². The molecule has 2 rings (SSSR count). The van der Waals surface area contributed by atoms with Gasteiger partial charge in [-0.1, -0.05) is 13.8 Å². The third-order valence-electron chi connectivity index (χ3n) is 4.45. The Kier molecular flexibility index (Phi) is 9.66. The zero-order chi connectivity index (χ0) is 18.3. The summed E-state index contributed by atoms with van der Waals surface area (Å²) in [5, 5.41) is 10.0. The van der Waals surface area contributed by atoms with Gasteiger partial charge in [0.2, 0.25) is 0 Å². The normalized spacial score (nSPS) is 43.0. The molecule has 2 saturated heterocycles. The number of methoxy groups -OCH3 is 3. The lowest BCUT2D eigenvalue weighted by Crippen LogP contribution is -2.54. The summed E-state index contributed by atoms with van der Waals surface area (Å²) >= 11 is 0. The fourth-order valence-corrected chi connectivity index (χ4v) is 3.08. The third-order valence-corrected chi connectivity index (χ3v) is 4.45. The van der Waals surface area contributed by atoms with Crippen LogP contribution in [0.5, 0.6) is 0 Å². The molecule has 2 heterocycles. The Morgan fingerprint density at radius 1 is 0.792 bits per heavy atom. The fourth-order valence-electron chi connectivity index (χ4n) is 3.08. The zero-order valence-corrected chi connectivity index (χ0v) is 15.9. The Bertz CT molecular complexity index is 341. The average molecular weight is 350 g/mol. The van der Waals surface area contributed by atoms with Gasteiger partial charge in [-0.3, -0.25) is 0 Å². The van der Waals surface area contributed by atoms with Gasteiger partial charge in [0, 0.05) is 34.2 Å². The van der Waals surface area contributed by atoms with E-state index in [9.17, 15) is 5.11 Å². The van der Waals surface area contributed by atoms with Gasteiger partial charge in [-0.25, -0.2) is 0 Å². The van der Waals surface area contributed by atoms with E-state index in [0.29, 0.717) is 12.8 Å². The van der Waals surface area contributed by atoms with E-state index in [2.05, 4.69) is 0 Å². The van der Waals surface area contributed by atoms with E-state index in [1.54, 1.807) is 21.3 Å². The summed E-state index contributed by atoms with van der Waals surface area (Å²) in [5.41, 5.74) is 0. The first-order valence-corrected chi connectivity index (χ1v) is 8.73. The lowest BCUT2D eigenvalue weighted by Gasteiger charge is -2.43. The number of ether oxygens (including phenoxy) is 6. The van der Waals surface area contributed by atoms with Crippen LogP contribution in [0.1, 0.15) is 40.5 Å². The molecule has 144 valence electrons.